The number of hydrogen-bond donors (Lipinski definition) is 2. The zero-order chi connectivity index (χ0) is 10.6. The lowest BCUT2D eigenvalue weighted by molar-refractivity contribution is 0.0173. The largest absolute Gasteiger partial charge is 0.390 e. The van der Waals surface area contributed by atoms with Crippen LogP contribution in [0.5, 0.6) is 0 Å². The molecule has 0 radical (unpaired) electrons. The van der Waals surface area contributed by atoms with Crippen molar-refractivity contribution in [2.24, 2.45) is 0 Å². The van der Waals surface area contributed by atoms with Gasteiger partial charge in [0, 0.05) is 5.33 Å². The summed E-state index contributed by atoms with van der Waals surface area (Å²) in [5.41, 5.74) is 1.87. The predicted molar refractivity (Wildman–Crippen MR) is 60.6 cm³/mol. The van der Waals surface area contributed by atoms with Crippen molar-refractivity contribution >= 4 is 15.9 Å². The Morgan fingerprint density at radius 3 is 2.64 bits per heavy atom. The van der Waals surface area contributed by atoms with Crippen LogP contribution in [0.1, 0.15) is 23.7 Å². The first-order chi connectivity index (χ1) is 6.65. The highest BCUT2D eigenvalue weighted by molar-refractivity contribution is 9.09. The van der Waals surface area contributed by atoms with Gasteiger partial charge in [-0.25, -0.2) is 0 Å². The first-order valence-electron chi connectivity index (χ1n) is 4.64. The molecule has 2 atom stereocenters. The summed E-state index contributed by atoms with van der Waals surface area (Å²) in [6.45, 7) is 1.97. The fourth-order valence-corrected chi connectivity index (χ4v) is 1.81. The lowest BCUT2D eigenvalue weighted by Gasteiger charge is -2.17. The van der Waals surface area contributed by atoms with Gasteiger partial charge in [0.1, 0.15) is 6.10 Å². The summed E-state index contributed by atoms with van der Waals surface area (Å²) in [5, 5.41) is 20.0. The molecular weight excluding hydrogens is 244 g/mol. The van der Waals surface area contributed by atoms with E-state index in [0.717, 1.165) is 11.1 Å². The maximum absolute atomic E-state index is 9.77. The number of alkyl halides is 1. The Hall–Kier alpha value is -0.380. The van der Waals surface area contributed by atoms with Gasteiger partial charge in [0.05, 0.1) is 6.10 Å². The molecule has 0 fully saturated rings. The van der Waals surface area contributed by atoms with E-state index in [1.807, 2.05) is 31.2 Å². The van der Waals surface area contributed by atoms with Crippen LogP contribution in [0.3, 0.4) is 0 Å². The number of aryl methyl sites for hydroxylation is 1. The standard InChI is InChI=1S/C11H15BrO2/c1-8-3-2-4-9(7-8)11(14)10(13)5-6-12/h2-4,7,10-11,13-14H,5-6H2,1H3. The van der Waals surface area contributed by atoms with Crippen molar-refractivity contribution < 1.29 is 10.2 Å². The molecule has 78 valence electrons. The average Bonchev–Trinajstić information content (AvgIpc) is 2.17. The van der Waals surface area contributed by atoms with E-state index in [4.69, 9.17) is 0 Å². The minimum Gasteiger partial charge on any atom is -0.390 e. The van der Waals surface area contributed by atoms with Gasteiger partial charge in [-0.3, -0.25) is 0 Å². The van der Waals surface area contributed by atoms with Crippen LogP contribution in [-0.2, 0) is 0 Å². The first kappa shape index (κ1) is 11.7. The number of rotatable bonds is 4. The van der Waals surface area contributed by atoms with Crippen LogP contribution < -0.4 is 0 Å². The third kappa shape index (κ3) is 3.08. The molecule has 0 aliphatic heterocycles. The molecular formula is C11H15BrO2. The maximum Gasteiger partial charge on any atom is 0.105 e. The van der Waals surface area contributed by atoms with E-state index >= 15 is 0 Å². The van der Waals surface area contributed by atoms with Crippen molar-refractivity contribution in [3.63, 3.8) is 0 Å². The van der Waals surface area contributed by atoms with Crippen LogP contribution in [0.25, 0.3) is 0 Å². The van der Waals surface area contributed by atoms with Gasteiger partial charge in [-0.1, -0.05) is 45.8 Å². The summed E-state index contributed by atoms with van der Waals surface area (Å²) < 4.78 is 0. The molecule has 0 saturated carbocycles. The van der Waals surface area contributed by atoms with Gasteiger partial charge in [0.2, 0.25) is 0 Å². The average molecular weight is 259 g/mol. The molecule has 3 heteroatoms. The third-order valence-corrected chi connectivity index (χ3v) is 2.61. The second-order valence-electron chi connectivity index (χ2n) is 3.40. The van der Waals surface area contributed by atoms with Crippen molar-refractivity contribution in [3.8, 4) is 0 Å². The number of hydrogen-bond acceptors (Lipinski definition) is 2. The number of benzene rings is 1. The van der Waals surface area contributed by atoms with Gasteiger partial charge in [-0.05, 0) is 18.9 Å². The molecule has 14 heavy (non-hydrogen) atoms. The van der Waals surface area contributed by atoms with Crippen LogP contribution in [0.15, 0.2) is 24.3 Å². The Labute approximate surface area is 92.7 Å². The molecule has 0 spiro atoms. The molecule has 2 nitrogen and oxygen atoms in total. The quantitative estimate of drug-likeness (QED) is 0.813. The Morgan fingerprint density at radius 1 is 1.36 bits per heavy atom. The van der Waals surface area contributed by atoms with Crippen LogP contribution in [0.4, 0.5) is 0 Å². The van der Waals surface area contributed by atoms with Crippen molar-refractivity contribution in [1.29, 1.82) is 0 Å². The number of aliphatic hydroxyl groups excluding tert-OH is 2. The molecule has 0 bridgehead atoms. The fraction of sp³-hybridized carbons (Fsp3) is 0.455. The second-order valence-corrected chi connectivity index (χ2v) is 4.20. The van der Waals surface area contributed by atoms with Crippen molar-refractivity contribution in [2.75, 3.05) is 5.33 Å². The van der Waals surface area contributed by atoms with Crippen molar-refractivity contribution in [2.45, 2.75) is 25.6 Å². The zero-order valence-electron chi connectivity index (χ0n) is 8.15. The van der Waals surface area contributed by atoms with E-state index in [-0.39, 0.29) is 0 Å². The molecule has 0 aliphatic carbocycles. The topological polar surface area (TPSA) is 40.5 Å². The molecule has 1 aromatic carbocycles. The monoisotopic (exact) mass is 258 g/mol. The van der Waals surface area contributed by atoms with Crippen LogP contribution in [0, 0.1) is 6.92 Å². The Kier molecular flexibility index (Phi) is 4.58. The predicted octanol–water partition coefficient (Wildman–Crippen LogP) is 2.17. The van der Waals surface area contributed by atoms with E-state index in [1.54, 1.807) is 0 Å². The molecule has 2 unspecified atom stereocenters. The van der Waals surface area contributed by atoms with Crippen molar-refractivity contribution in [3.05, 3.63) is 35.4 Å². The van der Waals surface area contributed by atoms with Crippen LogP contribution >= 0.6 is 15.9 Å². The van der Waals surface area contributed by atoms with E-state index < -0.39 is 12.2 Å². The highest BCUT2D eigenvalue weighted by Gasteiger charge is 2.17. The zero-order valence-corrected chi connectivity index (χ0v) is 9.74. The highest BCUT2D eigenvalue weighted by atomic mass is 79.9. The summed E-state index contributed by atoms with van der Waals surface area (Å²) in [6, 6.07) is 7.57. The summed E-state index contributed by atoms with van der Waals surface area (Å²) >= 11 is 3.23. The number of aliphatic hydroxyl groups is 2. The second kappa shape index (κ2) is 5.49. The molecule has 0 amide bonds. The molecule has 2 N–H and O–H groups in total. The summed E-state index contributed by atoms with van der Waals surface area (Å²) in [7, 11) is 0. The fourth-order valence-electron chi connectivity index (χ4n) is 1.35. The lowest BCUT2D eigenvalue weighted by atomic mass is 10.0. The highest BCUT2D eigenvalue weighted by Crippen LogP contribution is 2.20. The SMILES string of the molecule is Cc1cccc(C(O)C(O)CCBr)c1. The molecule has 0 saturated heterocycles. The molecule has 0 aromatic heterocycles. The van der Waals surface area contributed by atoms with E-state index in [0.29, 0.717) is 11.8 Å². The van der Waals surface area contributed by atoms with Crippen LogP contribution in [0.2, 0.25) is 0 Å². The van der Waals surface area contributed by atoms with Gasteiger partial charge in [0.25, 0.3) is 0 Å². The maximum atomic E-state index is 9.77. The van der Waals surface area contributed by atoms with Gasteiger partial charge in [0.15, 0.2) is 0 Å². The first-order valence-corrected chi connectivity index (χ1v) is 5.76. The Balaban J connectivity index is 2.73. The summed E-state index contributed by atoms with van der Waals surface area (Å²) in [4.78, 5) is 0. The number of halogens is 1. The summed E-state index contributed by atoms with van der Waals surface area (Å²) in [6.07, 6.45) is -0.932. The van der Waals surface area contributed by atoms with E-state index in [2.05, 4.69) is 15.9 Å². The summed E-state index contributed by atoms with van der Waals surface area (Å²) in [5.74, 6) is 0. The minimum atomic E-state index is -0.785. The Bertz CT molecular complexity index is 288. The van der Waals surface area contributed by atoms with Gasteiger partial charge in [-0.15, -0.1) is 0 Å². The van der Waals surface area contributed by atoms with Gasteiger partial charge < -0.3 is 10.2 Å². The van der Waals surface area contributed by atoms with Crippen molar-refractivity contribution in [1.82, 2.24) is 0 Å². The molecule has 0 heterocycles. The smallest absolute Gasteiger partial charge is 0.105 e. The van der Waals surface area contributed by atoms with Crippen LogP contribution in [-0.4, -0.2) is 21.6 Å². The molecule has 0 aliphatic rings. The van der Waals surface area contributed by atoms with E-state index in [1.165, 1.54) is 0 Å². The van der Waals surface area contributed by atoms with E-state index in [9.17, 15) is 10.2 Å². The van der Waals surface area contributed by atoms with Gasteiger partial charge >= 0.3 is 0 Å². The normalized spacial score (nSPS) is 15.1. The third-order valence-electron chi connectivity index (χ3n) is 2.15. The lowest BCUT2D eigenvalue weighted by Crippen LogP contribution is -2.18. The Morgan fingerprint density at radius 2 is 2.07 bits per heavy atom. The van der Waals surface area contributed by atoms with Gasteiger partial charge in [-0.2, -0.15) is 0 Å². The molecule has 1 aromatic rings. The molecule has 1 rings (SSSR count). The minimum absolute atomic E-state index is 0.551.